The van der Waals surface area contributed by atoms with Crippen LogP contribution in [0.5, 0.6) is 0 Å². The van der Waals surface area contributed by atoms with Gasteiger partial charge in [0.1, 0.15) is 0 Å². The van der Waals surface area contributed by atoms with E-state index in [9.17, 15) is 24.6 Å². The van der Waals surface area contributed by atoms with Crippen LogP contribution in [0.2, 0.25) is 0 Å². The number of Topliss-reactive ketones (excluding diaryl/α,β-unsaturated/α-hetero) is 2. The second-order valence-electron chi connectivity index (χ2n) is 8.90. The Labute approximate surface area is 218 Å². The van der Waals surface area contributed by atoms with Gasteiger partial charge in [0, 0.05) is 6.42 Å². The van der Waals surface area contributed by atoms with E-state index in [0.29, 0.717) is 6.42 Å². The average Bonchev–Trinajstić information content (AvgIpc) is 2.69. The molecule has 0 aliphatic heterocycles. The van der Waals surface area contributed by atoms with Crippen LogP contribution in [0.3, 0.4) is 0 Å². The van der Waals surface area contributed by atoms with Crippen LogP contribution in [0.25, 0.3) is 0 Å². The predicted octanol–water partition coefficient (Wildman–Crippen LogP) is 4.06. The molecule has 0 aromatic rings. The van der Waals surface area contributed by atoms with Crippen LogP contribution >= 0.6 is 0 Å². The van der Waals surface area contributed by atoms with Gasteiger partial charge in [0.25, 0.3) is 0 Å². The van der Waals surface area contributed by atoms with Crippen molar-refractivity contribution in [3.05, 3.63) is 0 Å². The SMILES string of the molecule is CCCCCCCCCCCCCCCCCC(=O)C(C)(O)C(=O)C(C)(O)C(=O)O.[CaH2]. The second kappa shape index (κ2) is 18.4. The van der Waals surface area contributed by atoms with Crippen molar-refractivity contribution in [3.63, 3.8) is 0 Å². The van der Waals surface area contributed by atoms with Crippen LogP contribution < -0.4 is 0 Å². The van der Waals surface area contributed by atoms with Crippen LogP contribution in [0.4, 0.5) is 0 Å². The number of carbonyl (C=O) groups excluding carboxylic acids is 2. The fourth-order valence-corrected chi connectivity index (χ4v) is 3.60. The molecular formula is C24H46CaO6. The molecular weight excluding hydrogens is 424 g/mol. The summed E-state index contributed by atoms with van der Waals surface area (Å²) in [6, 6.07) is 0. The first-order valence-corrected chi connectivity index (χ1v) is 11.8. The van der Waals surface area contributed by atoms with Gasteiger partial charge >= 0.3 is 43.7 Å². The Hall–Kier alpha value is -0.0103. The number of carboxylic acid groups (broad SMARTS) is 1. The molecule has 0 bridgehead atoms. The normalized spacial score (nSPS) is 14.9. The van der Waals surface area contributed by atoms with Gasteiger partial charge in [-0.3, -0.25) is 9.59 Å². The third-order valence-corrected chi connectivity index (χ3v) is 5.85. The summed E-state index contributed by atoms with van der Waals surface area (Å²) in [7, 11) is 0. The van der Waals surface area contributed by atoms with Crippen LogP contribution in [-0.2, 0) is 14.4 Å². The number of hydrogen-bond donors (Lipinski definition) is 3. The Morgan fingerprint density at radius 3 is 1.26 bits per heavy atom. The van der Waals surface area contributed by atoms with Gasteiger partial charge in [-0.2, -0.15) is 0 Å². The third-order valence-electron chi connectivity index (χ3n) is 5.85. The maximum absolute atomic E-state index is 12.1. The molecule has 31 heavy (non-hydrogen) atoms. The number of ketones is 2. The first kappa shape index (κ1) is 33.2. The number of rotatable bonds is 20. The molecule has 0 aliphatic rings. The van der Waals surface area contributed by atoms with Gasteiger partial charge in [-0.1, -0.05) is 96.8 Å². The van der Waals surface area contributed by atoms with Gasteiger partial charge in [-0.25, -0.2) is 4.79 Å². The molecule has 0 spiro atoms. The van der Waals surface area contributed by atoms with Crippen LogP contribution in [-0.4, -0.2) is 81.8 Å². The first-order chi connectivity index (χ1) is 14.1. The summed E-state index contributed by atoms with van der Waals surface area (Å²) in [4.78, 5) is 35.1. The zero-order valence-corrected chi connectivity index (χ0v) is 19.4. The Morgan fingerprint density at radius 2 is 0.935 bits per heavy atom. The molecule has 6 nitrogen and oxygen atoms in total. The van der Waals surface area contributed by atoms with Gasteiger partial charge in [0.2, 0.25) is 11.4 Å². The molecule has 0 aromatic heterocycles. The van der Waals surface area contributed by atoms with Crippen molar-refractivity contribution in [1.29, 1.82) is 0 Å². The van der Waals surface area contributed by atoms with E-state index in [4.69, 9.17) is 5.11 Å². The van der Waals surface area contributed by atoms with E-state index in [1.165, 1.54) is 70.6 Å². The number of unbranched alkanes of at least 4 members (excludes halogenated alkanes) is 14. The quantitative estimate of drug-likeness (QED) is 0.141. The van der Waals surface area contributed by atoms with E-state index >= 15 is 0 Å². The Bertz CT molecular complexity index is 516. The van der Waals surface area contributed by atoms with E-state index in [0.717, 1.165) is 33.1 Å². The van der Waals surface area contributed by atoms with Crippen LogP contribution in [0.15, 0.2) is 0 Å². The summed E-state index contributed by atoms with van der Waals surface area (Å²) in [5, 5.41) is 28.7. The minimum atomic E-state index is -2.78. The number of aliphatic carboxylic acids is 1. The summed E-state index contributed by atoms with van der Waals surface area (Å²) >= 11 is 0. The number of aliphatic hydroxyl groups is 2. The summed E-state index contributed by atoms with van der Waals surface area (Å²) in [5.74, 6) is -3.93. The number of carbonyl (C=O) groups is 3. The van der Waals surface area contributed by atoms with Gasteiger partial charge < -0.3 is 15.3 Å². The first-order valence-electron chi connectivity index (χ1n) is 11.8. The summed E-state index contributed by atoms with van der Waals surface area (Å²) in [5.41, 5.74) is -5.27. The van der Waals surface area contributed by atoms with Gasteiger partial charge in [0.15, 0.2) is 11.4 Å². The predicted molar refractivity (Wildman–Crippen MR) is 127 cm³/mol. The molecule has 0 heterocycles. The molecule has 3 N–H and O–H groups in total. The minimum absolute atomic E-state index is 0. The standard InChI is InChI=1S/C24H44O6.Ca.2H/c1-4-5-6-7-8-9-10-11-12-13-14-15-16-17-18-19-20(25)23(2,29)21(26)24(3,30)22(27)28;;;/h29-30H,4-19H2,1-3H3,(H,27,28);;;. The van der Waals surface area contributed by atoms with Gasteiger partial charge in [-0.05, 0) is 20.3 Å². The molecule has 0 aliphatic carbocycles. The number of hydrogen-bond acceptors (Lipinski definition) is 5. The molecule has 0 fully saturated rings. The molecule has 2 atom stereocenters. The molecule has 180 valence electrons. The molecule has 0 saturated heterocycles. The van der Waals surface area contributed by atoms with E-state index in [1.807, 2.05) is 0 Å². The number of carboxylic acids is 1. The van der Waals surface area contributed by atoms with Crippen molar-refractivity contribution < 1.29 is 29.7 Å². The van der Waals surface area contributed by atoms with Gasteiger partial charge in [0.05, 0.1) is 0 Å². The zero-order valence-electron chi connectivity index (χ0n) is 19.4. The topological polar surface area (TPSA) is 112 Å². The van der Waals surface area contributed by atoms with Crippen molar-refractivity contribution >= 4 is 55.3 Å². The fourth-order valence-electron chi connectivity index (χ4n) is 3.60. The molecule has 0 aromatic carbocycles. The van der Waals surface area contributed by atoms with E-state index < -0.39 is 28.7 Å². The second-order valence-corrected chi connectivity index (χ2v) is 8.90. The van der Waals surface area contributed by atoms with Crippen LogP contribution in [0.1, 0.15) is 124 Å². The molecule has 0 rings (SSSR count). The molecule has 2 unspecified atom stereocenters. The van der Waals surface area contributed by atoms with Gasteiger partial charge in [-0.15, -0.1) is 0 Å². The maximum atomic E-state index is 12.1. The van der Waals surface area contributed by atoms with Crippen molar-refractivity contribution in [1.82, 2.24) is 0 Å². The van der Waals surface area contributed by atoms with Crippen molar-refractivity contribution in [2.45, 2.75) is 135 Å². The van der Waals surface area contributed by atoms with E-state index in [2.05, 4.69) is 6.92 Å². The molecule has 0 saturated carbocycles. The fraction of sp³-hybridized carbons (Fsp3) is 0.875. The zero-order chi connectivity index (χ0) is 23.0. The summed E-state index contributed by atoms with van der Waals surface area (Å²) < 4.78 is 0. The van der Waals surface area contributed by atoms with E-state index in [1.54, 1.807) is 0 Å². The molecule has 0 amide bonds. The molecule has 7 heteroatoms. The summed E-state index contributed by atoms with van der Waals surface area (Å²) in [6.07, 6.45) is 17.9. The van der Waals surface area contributed by atoms with Crippen molar-refractivity contribution in [3.8, 4) is 0 Å². The van der Waals surface area contributed by atoms with Crippen molar-refractivity contribution in [2.75, 3.05) is 0 Å². The Morgan fingerprint density at radius 1 is 0.613 bits per heavy atom. The van der Waals surface area contributed by atoms with Crippen LogP contribution in [0, 0.1) is 0 Å². The Kier molecular flexibility index (Phi) is 19.7. The monoisotopic (exact) mass is 470 g/mol. The summed E-state index contributed by atoms with van der Waals surface area (Å²) in [6.45, 7) is 3.97. The van der Waals surface area contributed by atoms with E-state index in [-0.39, 0.29) is 44.2 Å². The molecule has 0 radical (unpaired) electrons. The Balaban J connectivity index is 0. The van der Waals surface area contributed by atoms with Crippen molar-refractivity contribution in [2.24, 2.45) is 0 Å². The average molecular weight is 471 g/mol. The third kappa shape index (κ3) is 14.0.